The molecule has 2 aromatic carbocycles. The second-order valence-electron chi connectivity index (χ2n) is 7.89. The minimum atomic E-state index is -3.12. The Bertz CT molecular complexity index is 1170. The van der Waals surface area contributed by atoms with Gasteiger partial charge in [0.05, 0.1) is 13.4 Å². The van der Waals surface area contributed by atoms with Crippen LogP contribution < -0.4 is 10.1 Å². The number of pyridine rings is 1. The van der Waals surface area contributed by atoms with E-state index >= 15 is 0 Å². The molecular formula is C23H27N3O3S. The quantitative estimate of drug-likeness (QED) is 0.668. The fourth-order valence-electron chi connectivity index (χ4n) is 4.09. The summed E-state index contributed by atoms with van der Waals surface area (Å²) in [7, 11) is -1.44. The maximum Gasteiger partial charge on any atom is 0.211 e. The van der Waals surface area contributed by atoms with Crippen LogP contribution in [0, 0.1) is 6.92 Å². The van der Waals surface area contributed by atoms with Crippen molar-refractivity contribution in [1.82, 2.24) is 9.29 Å². The van der Waals surface area contributed by atoms with E-state index in [2.05, 4.69) is 34.6 Å². The molecule has 4 rings (SSSR count). The van der Waals surface area contributed by atoms with Gasteiger partial charge in [0.2, 0.25) is 10.0 Å². The highest BCUT2D eigenvalue weighted by atomic mass is 32.2. The highest BCUT2D eigenvalue weighted by molar-refractivity contribution is 7.88. The molecule has 30 heavy (non-hydrogen) atoms. The van der Waals surface area contributed by atoms with E-state index in [4.69, 9.17) is 4.74 Å². The molecule has 1 fully saturated rings. The number of hydrogen-bond acceptors (Lipinski definition) is 5. The molecule has 1 aliphatic heterocycles. The molecule has 0 aliphatic carbocycles. The van der Waals surface area contributed by atoms with Crippen LogP contribution in [0.3, 0.4) is 0 Å². The van der Waals surface area contributed by atoms with E-state index in [0.29, 0.717) is 13.1 Å². The van der Waals surface area contributed by atoms with Gasteiger partial charge in [0.25, 0.3) is 0 Å². The fraction of sp³-hybridized carbons (Fsp3) is 0.348. The number of piperidine rings is 1. The van der Waals surface area contributed by atoms with Gasteiger partial charge >= 0.3 is 0 Å². The normalized spacial score (nSPS) is 16.0. The summed E-state index contributed by atoms with van der Waals surface area (Å²) < 4.78 is 30.5. The van der Waals surface area contributed by atoms with Gasteiger partial charge in [0, 0.05) is 42.6 Å². The summed E-state index contributed by atoms with van der Waals surface area (Å²) in [6, 6.07) is 12.8. The Hall–Kier alpha value is -2.64. The predicted molar refractivity (Wildman–Crippen MR) is 122 cm³/mol. The van der Waals surface area contributed by atoms with Gasteiger partial charge in [0.1, 0.15) is 5.75 Å². The van der Waals surface area contributed by atoms with Crippen LogP contribution in [0.1, 0.15) is 18.4 Å². The van der Waals surface area contributed by atoms with Crippen molar-refractivity contribution in [3.8, 4) is 16.9 Å². The molecule has 0 spiro atoms. The Morgan fingerprint density at radius 1 is 1.10 bits per heavy atom. The van der Waals surface area contributed by atoms with Gasteiger partial charge in [0.15, 0.2) is 0 Å². The van der Waals surface area contributed by atoms with E-state index in [9.17, 15) is 8.42 Å². The lowest BCUT2D eigenvalue weighted by Crippen LogP contribution is -2.41. The Labute approximate surface area is 177 Å². The van der Waals surface area contributed by atoms with Crippen molar-refractivity contribution in [2.45, 2.75) is 25.8 Å². The van der Waals surface area contributed by atoms with Crippen LogP contribution in [-0.4, -0.2) is 50.2 Å². The number of aryl methyl sites for hydroxylation is 1. The molecule has 2 heterocycles. The molecule has 0 saturated carbocycles. The molecule has 1 aliphatic rings. The van der Waals surface area contributed by atoms with E-state index in [1.165, 1.54) is 6.26 Å². The van der Waals surface area contributed by atoms with E-state index in [1.54, 1.807) is 17.6 Å². The van der Waals surface area contributed by atoms with Crippen molar-refractivity contribution >= 4 is 26.5 Å². The summed E-state index contributed by atoms with van der Waals surface area (Å²) in [4.78, 5) is 4.31. The van der Waals surface area contributed by atoms with Crippen LogP contribution in [0.2, 0.25) is 0 Å². The summed E-state index contributed by atoms with van der Waals surface area (Å²) in [5.41, 5.74) is 4.37. The van der Waals surface area contributed by atoms with Crippen LogP contribution in [0.15, 0.2) is 48.8 Å². The van der Waals surface area contributed by atoms with Crippen molar-refractivity contribution in [3.05, 3.63) is 54.4 Å². The number of benzene rings is 2. The number of sulfonamides is 1. The second-order valence-corrected chi connectivity index (χ2v) is 9.87. The summed E-state index contributed by atoms with van der Waals surface area (Å²) in [5.74, 6) is 0.875. The molecule has 7 heteroatoms. The SMILES string of the molecule is COc1ccc(-c2cc(NC3CCN(S(C)(=O)=O)CC3)c3cnccc3c2)cc1C. The predicted octanol–water partition coefficient (Wildman–Crippen LogP) is 4.05. The first-order valence-corrected chi connectivity index (χ1v) is 11.9. The number of methoxy groups -OCH3 is 1. The van der Waals surface area contributed by atoms with Crippen LogP contribution in [0.5, 0.6) is 5.75 Å². The Kier molecular flexibility index (Phi) is 5.66. The monoisotopic (exact) mass is 425 g/mol. The van der Waals surface area contributed by atoms with Crippen molar-refractivity contribution in [3.63, 3.8) is 0 Å². The third-order valence-electron chi connectivity index (χ3n) is 5.77. The number of nitrogens with zero attached hydrogens (tertiary/aromatic N) is 2. The number of ether oxygens (including phenoxy) is 1. The van der Waals surface area contributed by atoms with Gasteiger partial charge in [-0.05, 0) is 72.2 Å². The van der Waals surface area contributed by atoms with Crippen LogP contribution in [0.4, 0.5) is 5.69 Å². The second kappa shape index (κ2) is 8.24. The van der Waals surface area contributed by atoms with Gasteiger partial charge in [-0.2, -0.15) is 0 Å². The van der Waals surface area contributed by atoms with Gasteiger partial charge in [-0.25, -0.2) is 12.7 Å². The minimum absolute atomic E-state index is 0.222. The highest BCUT2D eigenvalue weighted by Crippen LogP contribution is 2.33. The summed E-state index contributed by atoms with van der Waals surface area (Å²) in [6.07, 6.45) is 6.52. The van der Waals surface area contributed by atoms with Crippen molar-refractivity contribution < 1.29 is 13.2 Å². The number of aromatic nitrogens is 1. The zero-order valence-corrected chi connectivity index (χ0v) is 18.4. The lowest BCUT2D eigenvalue weighted by molar-refractivity contribution is 0.332. The Morgan fingerprint density at radius 3 is 2.53 bits per heavy atom. The lowest BCUT2D eigenvalue weighted by atomic mass is 9.98. The molecular weight excluding hydrogens is 398 g/mol. The minimum Gasteiger partial charge on any atom is -0.496 e. The van der Waals surface area contributed by atoms with Gasteiger partial charge in [-0.15, -0.1) is 0 Å². The molecule has 0 bridgehead atoms. The third kappa shape index (κ3) is 4.27. The molecule has 1 N–H and O–H groups in total. The van der Waals surface area contributed by atoms with Crippen molar-refractivity contribution in [2.75, 3.05) is 31.8 Å². The van der Waals surface area contributed by atoms with E-state index < -0.39 is 10.0 Å². The van der Waals surface area contributed by atoms with Crippen molar-refractivity contribution in [1.29, 1.82) is 0 Å². The smallest absolute Gasteiger partial charge is 0.211 e. The highest BCUT2D eigenvalue weighted by Gasteiger charge is 2.25. The van der Waals surface area contributed by atoms with Gasteiger partial charge < -0.3 is 10.1 Å². The molecule has 0 radical (unpaired) electrons. The number of fused-ring (bicyclic) bond motifs is 1. The maximum atomic E-state index is 11.8. The van der Waals surface area contributed by atoms with Gasteiger partial charge in [-0.3, -0.25) is 4.98 Å². The average Bonchev–Trinajstić information content (AvgIpc) is 2.73. The fourth-order valence-corrected chi connectivity index (χ4v) is 4.97. The Morgan fingerprint density at radius 2 is 1.87 bits per heavy atom. The molecule has 158 valence electrons. The number of anilines is 1. The average molecular weight is 426 g/mol. The molecule has 1 saturated heterocycles. The van der Waals surface area contributed by atoms with Crippen LogP contribution in [0.25, 0.3) is 21.9 Å². The third-order valence-corrected chi connectivity index (χ3v) is 7.07. The maximum absolute atomic E-state index is 11.8. The first-order valence-electron chi connectivity index (χ1n) is 10.1. The zero-order valence-electron chi connectivity index (χ0n) is 17.6. The molecule has 0 atom stereocenters. The first-order chi connectivity index (χ1) is 14.3. The Balaban J connectivity index is 1.65. The lowest BCUT2D eigenvalue weighted by Gasteiger charge is -2.31. The van der Waals surface area contributed by atoms with Gasteiger partial charge in [-0.1, -0.05) is 6.07 Å². The van der Waals surface area contributed by atoms with Crippen LogP contribution >= 0.6 is 0 Å². The standard InChI is InChI=1S/C23H27N3O3S/c1-16-12-17(4-5-23(16)29-2)19-13-18-6-9-24-15-21(18)22(14-19)25-20-7-10-26(11-8-20)30(3,27)28/h4-6,9,12-15,20,25H,7-8,10-11H2,1-3H3. The summed E-state index contributed by atoms with van der Waals surface area (Å²) in [6.45, 7) is 3.14. The molecule has 0 unspecified atom stereocenters. The molecule has 1 aromatic heterocycles. The van der Waals surface area contributed by atoms with Crippen LogP contribution in [-0.2, 0) is 10.0 Å². The van der Waals surface area contributed by atoms with Crippen molar-refractivity contribution in [2.24, 2.45) is 0 Å². The molecule has 6 nitrogen and oxygen atoms in total. The number of hydrogen-bond donors (Lipinski definition) is 1. The first kappa shape index (κ1) is 20.6. The summed E-state index contributed by atoms with van der Waals surface area (Å²) >= 11 is 0. The van der Waals surface area contributed by atoms with E-state index in [0.717, 1.165) is 51.7 Å². The topological polar surface area (TPSA) is 71.5 Å². The number of rotatable bonds is 5. The van der Waals surface area contributed by atoms with E-state index in [1.807, 2.05) is 25.3 Å². The van der Waals surface area contributed by atoms with E-state index in [-0.39, 0.29) is 6.04 Å². The molecule has 3 aromatic rings. The largest absolute Gasteiger partial charge is 0.496 e. The summed E-state index contributed by atoms with van der Waals surface area (Å²) in [5, 5.41) is 5.84. The number of nitrogens with one attached hydrogen (secondary N) is 1. The zero-order chi connectivity index (χ0) is 21.3. The molecule has 0 amide bonds.